The number of hydrogen-bond acceptors (Lipinski definition) is 4. The second-order valence-electron chi connectivity index (χ2n) is 7.03. The van der Waals surface area contributed by atoms with Crippen LogP contribution in [0.2, 0.25) is 0 Å². The molecule has 0 saturated heterocycles. The van der Waals surface area contributed by atoms with E-state index in [0.717, 1.165) is 22.8 Å². The smallest absolute Gasteiger partial charge is 0.419 e. The third-order valence-corrected chi connectivity index (χ3v) is 4.91. The number of aromatic hydroxyl groups is 1. The molecule has 0 aromatic heterocycles. The zero-order valence-corrected chi connectivity index (χ0v) is 16.6. The first-order valence-electron chi connectivity index (χ1n) is 9.47. The molecule has 0 amide bonds. The number of methoxy groups -OCH3 is 1. The minimum atomic E-state index is -4.51. The zero-order chi connectivity index (χ0) is 22.0. The predicted octanol–water partition coefficient (Wildman–Crippen LogP) is 5.93. The average Bonchev–Trinajstić information content (AvgIpc) is 2.77. The summed E-state index contributed by atoms with van der Waals surface area (Å²) in [6.45, 7) is 0.328. The van der Waals surface area contributed by atoms with Gasteiger partial charge in [0.25, 0.3) is 0 Å². The Morgan fingerprint density at radius 3 is 2.48 bits per heavy atom. The van der Waals surface area contributed by atoms with Gasteiger partial charge in [0.2, 0.25) is 0 Å². The number of rotatable bonds is 5. The van der Waals surface area contributed by atoms with E-state index in [1.54, 1.807) is 24.3 Å². The Kier molecular flexibility index (Phi) is 5.50. The van der Waals surface area contributed by atoms with Crippen LogP contribution in [0.5, 0.6) is 23.0 Å². The molecular weight excluding hydrogens is 409 g/mol. The number of phenolic OH excluding ortho intramolecular Hbond substituents is 1. The van der Waals surface area contributed by atoms with Crippen LogP contribution in [0.1, 0.15) is 22.3 Å². The van der Waals surface area contributed by atoms with Gasteiger partial charge in [0.15, 0.2) is 0 Å². The van der Waals surface area contributed by atoms with Crippen molar-refractivity contribution < 1.29 is 32.5 Å². The Hall–Kier alpha value is -3.61. The van der Waals surface area contributed by atoms with Crippen molar-refractivity contribution in [1.82, 2.24) is 0 Å². The number of halogens is 3. The van der Waals surface area contributed by atoms with Crippen molar-refractivity contribution in [2.75, 3.05) is 13.7 Å². The zero-order valence-electron chi connectivity index (χ0n) is 16.6. The van der Waals surface area contributed by atoms with Crippen LogP contribution in [0.4, 0.5) is 13.2 Å². The molecule has 160 valence electrons. The van der Waals surface area contributed by atoms with Crippen molar-refractivity contribution >= 4 is 11.6 Å². The van der Waals surface area contributed by atoms with Crippen LogP contribution in [0.15, 0.2) is 60.7 Å². The summed E-state index contributed by atoms with van der Waals surface area (Å²) in [5.74, 6) is 1.09. The average molecular weight is 428 g/mol. The fraction of sp³-hybridized carbons (Fsp3) is 0.167. The number of benzene rings is 3. The highest BCUT2D eigenvalue weighted by atomic mass is 19.4. The fourth-order valence-corrected chi connectivity index (χ4v) is 3.31. The second-order valence-corrected chi connectivity index (χ2v) is 7.03. The fourth-order valence-electron chi connectivity index (χ4n) is 3.31. The Morgan fingerprint density at radius 1 is 1.00 bits per heavy atom. The van der Waals surface area contributed by atoms with Gasteiger partial charge in [0, 0.05) is 11.6 Å². The van der Waals surface area contributed by atoms with Crippen LogP contribution in [0.3, 0.4) is 0 Å². The Morgan fingerprint density at radius 2 is 1.77 bits per heavy atom. The van der Waals surface area contributed by atoms with Gasteiger partial charge in [-0.1, -0.05) is 18.2 Å². The van der Waals surface area contributed by atoms with Gasteiger partial charge in [-0.05, 0) is 59.2 Å². The first-order valence-corrected chi connectivity index (χ1v) is 9.47. The summed E-state index contributed by atoms with van der Waals surface area (Å²) < 4.78 is 55.9. The maximum absolute atomic E-state index is 13.2. The van der Waals surface area contributed by atoms with Gasteiger partial charge < -0.3 is 19.3 Å². The summed E-state index contributed by atoms with van der Waals surface area (Å²) in [6, 6.07) is 16.0. The summed E-state index contributed by atoms with van der Waals surface area (Å²) in [5.41, 5.74) is 2.33. The summed E-state index contributed by atoms with van der Waals surface area (Å²) >= 11 is 0. The van der Waals surface area contributed by atoms with Crippen molar-refractivity contribution in [2.45, 2.75) is 12.8 Å². The molecule has 0 aliphatic carbocycles. The third-order valence-electron chi connectivity index (χ3n) is 4.91. The lowest BCUT2D eigenvalue weighted by atomic mass is 10.0. The van der Waals surface area contributed by atoms with E-state index in [4.69, 9.17) is 14.2 Å². The summed E-state index contributed by atoms with van der Waals surface area (Å²) in [5, 5.41) is 9.43. The molecule has 1 N–H and O–H groups in total. The molecule has 1 aliphatic heterocycles. The molecule has 3 aromatic carbocycles. The molecular formula is C24H19F3O4. The van der Waals surface area contributed by atoms with Crippen LogP contribution in [0.25, 0.3) is 11.6 Å². The van der Waals surface area contributed by atoms with E-state index in [2.05, 4.69) is 0 Å². The highest BCUT2D eigenvalue weighted by Gasteiger charge is 2.34. The maximum Gasteiger partial charge on any atom is 0.419 e. The summed E-state index contributed by atoms with van der Waals surface area (Å²) in [6.07, 6.45) is -2.52. The van der Waals surface area contributed by atoms with E-state index in [9.17, 15) is 18.3 Å². The summed E-state index contributed by atoms with van der Waals surface area (Å²) in [7, 11) is 1.20. The maximum atomic E-state index is 13.2. The van der Waals surface area contributed by atoms with E-state index >= 15 is 0 Å². The molecule has 1 aliphatic rings. The molecule has 4 nitrogen and oxygen atoms in total. The van der Waals surface area contributed by atoms with Crippen LogP contribution in [-0.2, 0) is 12.8 Å². The van der Waals surface area contributed by atoms with Crippen molar-refractivity contribution in [3.05, 3.63) is 82.9 Å². The SMILES string of the molecule is COc1ccc(COc2ccc3c(c2)OCC(c2ccc(O)cc2)=C3)cc1C(F)(F)F. The van der Waals surface area contributed by atoms with Gasteiger partial charge in [0.1, 0.15) is 36.2 Å². The Labute approximate surface area is 177 Å². The molecule has 3 aromatic rings. The van der Waals surface area contributed by atoms with E-state index in [-0.39, 0.29) is 18.1 Å². The van der Waals surface area contributed by atoms with Crippen LogP contribution < -0.4 is 14.2 Å². The van der Waals surface area contributed by atoms with Gasteiger partial charge in [-0.2, -0.15) is 13.2 Å². The first-order chi connectivity index (χ1) is 14.8. The highest BCUT2D eigenvalue weighted by Crippen LogP contribution is 2.37. The molecule has 7 heteroatoms. The predicted molar refractivity (Wildman–Crippen MR) is 110 cm³/mol. The Balaban J connectivity index is 1.49. The highest BCUT2D eigenvalue weighted by molar-refractivity contribution is 5.85. The lowest BCUT2D eigenvalue weighted by Gasteiger charge is -2.19. The number of alkyl halides is 3. The van der Waals surface area contributed by atoms with E-state index in [1.807, 2.05) is 24.3 Å². The topological polar surface area (TPSA) is 47.9 Å². The van der Waals surface area contributed by atoms with E-state index in [1.165, 1.54) is 19.2 Å². The van der Waals surface area contributed by atoms with Crippen molar-refractivity contribution in [1.29, 1.82) is 0 Å². The van der Waals surface area contributed by atoms with Crippen LogP contribution in [0, 0.1) is 0 Å². The quantitative estimate of drug-likeness (QED) is 0.547. The largest absolute Gasteiger partial charge is 0.508 e. The Bertz CT molecular complexity index is 1120. The van der Waals surface area contributed by atoms with Crippen molar-refractivity contribution in [2.24, 2.45) is 0 Å². The molecule has 0 unspecified atom stereocenters. The monoisotopic (exact) mass is 428 g/mol. The normalized spacial score (nSPS) is 13.1. The molecule has 0 bridgehead atoms. The van der Waals surface area contributed by atoms with Crippen molar-refractivity contribution in [3.8, 4) is 23.0 Å². The van der Waals surface area contributed by atoms with Gasteiger partial charge >= 0.3 is 6.18 Å². The number of phenols is 1. The lowest BCUT2D eigenvalue weighted by Crippen LogP contribution is -2.09. The molecule has 0 saturated carbocycles. The third kappa shape index (κ3) is 4.60. The van der Waals surface area contributed by atoms with Gasteiger partial charge in [-0.15, -0.1) is 0 Å². The lowest BCUT2D eigenvalue weighted by molar-refractivity contribution is -0.138. The van der Waals surface area contributed by atoms with E-state index in [0.29, 0.717) is 23.7 Å². The summed E-state index contributed by atoms with van der Waals surface area (Å²) in [4.78, 5) is 0. The molecule has 0 radical (unpaired) electrons. The van der Waals surface area contributed by atoms with Gasteiger partial charge in [-0.3, -0.25) is 0 Å². The second kappa shape index (κ2) is 8.26. The van der Waals surface area contributed by atoms with Crippen molar-refractivity contribution in [3.63, 3.8) is 0 Å². The minimum Gasteiger partial charge on any atom is -0.508 e. The number of fused-ring (bicyclic) bond motifs is 1. The number of hydrogen-bond donors (Lipinski definition) is 1. The van der Waals surface area contributed by atoms with Gasteiger partial charge in [-0.25, -0.2) is 0 Å². The van der Waals surface area contributed by atoms with Crippen LogP contribution >= 0.6 is 0 Å². The van der Waals surface area contributed by atoms with E-state index < -0.39 is 11.7 Å². The molecule has 0 fully saturated rings. The van der Waals surface area contributed by atoms with Crippen LogP contribution in [-0.4, -0.2) is 18.8 Å². The van der Waals surface area contributed by atoms with Gasteiger partial charge in [0.05, 0.1) is 12.7 Å². The minimum absolute atomic E-state index is 0.0273. The molecule has 1 heterocycles. The molecule has 0 atom stereocenters. The first kappa shape index (κ1) is 20.7. The standard InChI is InChI=1S/C24H19F3O4/c1-29-22-9-2-15(10-21(22)24(25,26)27)13-30-20-8-5-17-11-18(14-31-23(17)12-20)16-3-6-19(28)7-4-16/h2-12,28H,13-14H2,1H3. The molecule has 31 heavy (non-hydrogen) atoms. The molecule has 0 spiro atoms. The number of ether oxygens (including phenoxy) is 3. The molecule has 4 rings (SSSR count).